The molecule has 0 saturated heterocycles. The number of anilines is 1. The number of rotatable bonds is 6. The Morgan fingerprint density at radius 3 is 2.28 bits per heavy atom. The highest BCUT2D eigenvalue weighted by Crippen LogP contribution is 2.22. The first-order valence-corrected chi connectivity index (χ1v) is 7.96. The molecule has 0 bridgehead atoms. The molecule has 0 aromatic heterocycles. The maximum absolute atomic E-state index is 12.2. The molecule has 0 fully saturated rings. The number of carboxylic acids is 1. The molecule has 0 aliphatic rings. The van der Waals surface area contributed by atoms with Crippen molar-refractivity contribution < 1.29 is 19.9 Å². The summed E-state index contributed by atoms with van der Waals surface area (Å²) in [6, 6.07) is 11.0. The van der Waals surface area contributed by atoms with Crippen LogP contribution >= 0.6 is 23.2 Å². The number of benzene rings is 2. The number of hydrogen-bond donors (Lipinski definition) is 3. The summed E-state index contributed by atoms with van der Waals surface area (Å²) in [7, 11) is 0. The van der Waals surface area contributed by atoms with Crippen LogP contribution in [-0.2, 0) is 4.79 Å². The number of oxime groups is 1. The Morgan fingerprint density at radius 2 is 1.72 bits per heavy atom. The van der Waals surface area contributed by atoms with Crippen molar-refractivity contribution in [1.29, 1.82) is 0 Å². The van der Waals surface area contributed by atoms with E-state index in [1.54, 1.807) is 30.3 Å². The van der Waals surface area contributed by atoms with Gasteiger partial charge in [0.15, 0.2) is 0 Å². The van der Waals surface area contributed by atoms with E-state index in [2.05, 4.69) is 10.5 Å². The summed E-state index contributed by atoms with van der Waals surface area (Å²) >= 11 is 11.8. The molecule has 8 heteroatoms. The monoisotopic (exact) mass is 380 g/mol. The molecule has 0 unspecified atom stereocenters. The Bertz CT molecular complexity index is 820. The molecular formula is C17H14Cl2N2O4. The number of halogens is 2. The highest BCUT2D eigenvalue weighted by atomic mass is 35.5. The lowest BCUT2D eigenvalue weighted by molar-refractivity contribution is -0.136. The summed E-state index contributed by atoms with van der Waals surface area (Å²) in [5.41, 5.74) is 1.61. The zero-order valence-corrected chi connectivity index (χ0v) is 14.4. The summed E-state index contributed by atoms with van der Waals surface area (Å²) in [6.07, 6.45) is -0.0507. The quantitative estimate of drug-likeness (QED) is 0.395. The summed E-state index contributed by atoms with van der Waals surface area (Å²) in [4.78, 5) is 22.8. The SMILES string of the molecule is O=C(O)CCC(=NO)c1ccc(NC(=O)c2ccc(Cl)cc2Cl)cc1. The van der Waals surface area contributed by atoms with Crippen molar-refractivity contribution in [2.45, 2.75) is 12.8 Å². The lowest BCUT2D eigenvalue weighted by Gasteiger charge is -2.08. The van der Waals surface area contributed by atoms with Crippen molar-refractivity contribution in [2.24, 2.45) is 5.16 Å². The van der Waals surface area contributed by atoms with E-state index in [0.717, 1.165) is 0 Å². The highest BCUT2D eigenvalue weighted by molar-refractivity contribution is 6.37. The number of aliphatic carboxylic acids is 1. The first-order valence-electron chi connectivity index (χ1n) is 7.20. The second-order valence-corrected chi connectivity index (χ2v) is 5.94. The fraction of sp³-hybridized carbons (Fsp3) is 0.118. The third-order valence-corrected chi connectivity index (χ3v) is 3.90. The first kappa shape index (κ1) is 18.8. The number of nitrogens with one attached hydrogen (secondary N) is 1. The van der Waals surface area contributed by atoms with Gasteiger partial charge in [-0.2, -0.15) is 0 Å². The molecule has 6 nitrogen and oxygen atoms in total. The van der Waals surface area contributed by atoms with Crippen molar-refractivity contribution in [2.75, 3.05) is 5.32 Å². The van der Waals surface area contributed by atoms with Gasteiger partial charge in [0.1, 0.15) is 0 Å². The number of nitrogens with zero attached hydrogens (tertiary/aromatic N) is 1. The zero-order chi connectivity index (χ0) is 18.4. The van der Waals surface area contributed by atoms with E-state index in [1.165, 1.54) is 12.1 Å². The lowest BCUT2D eigenvalue weighted by Crippen LogP contribution is -2.12. The molecule has 0 heterocycles. The van der Waals surface area contributed by atoms with Crippen LogP contribution in [0.4, 0.5) is 5.69 Å². The Hall–Kier alpha value is -2.57. The lowest BCUT2D eigenvalue weighted by atomic mass is 10.1. The molecule has 0 aliphatic heterocycles. The number of carbonyl (C=O) groups is 2. The summed E-state index contributed by atoms with van der Waals surface area (Å²) in [6.45, 7) is 0. The molecule has 0 atom stereocenters. The molecule has 2 aromatic rings. The zero-order valence-electron chi connectivity index (χ0n) is 12.9. The van der Waals surface area contributed by atoms with Gasteiger partial charge in [-0.05, 0) is 35.9 Å². The Kier molecular flexibility index (Phi) is 6.38. The minimum absolute atomic E-state index is 0.0952. The van der Waals surface area contributed by atoms with Gasteiger partial charge in [0.05, 0.1) is 22.7 Å². The minimum Gasteiger partial charge on any atom is -0.481 e. The van der Waals surface area contributed by atoms with E-state index in [1.807, 2.05) is 0 Å². The molecule has 0 radical (unpaired) electrons. The molecule has 25 heavy (non-hydrogen) atoms. The average molecular weight is 381 g/mol. The van der Waals surface area contributed by atoms with Crippen LogP contribution in [0.5, 0.6) is 0 Å². The van der Waals surface area contributed by atoms with Gasteiger partial charge in [-0.25, -0.2) is 0 Å². The maximum Gasteiger partial charge on any atom is 0.303 e. The highest BCUT2D eigenvalue weighted by Gasteiger charge is 2.12. The smallest absolute Gasteiger partial charge is 0.303 e. The summed E-state index contributed by atoms with van der Waals surface area (Å²) < 4.78 is 0. The minimum atomic E-state index is -0.982. The number of carbonyl (C=O) groups excluding carboxylic acids is 1. The predicted molar refractivity (Wildman–Crippen MR) is 96.1 cm³/mol. The number of amides is 1. The summed E-state index contributed by atoms with van der Waals surface area (Å²) in [5.74, 6) is -1.37. The first-order chi connectivity index (χ1) is 11.9. The van der Waals surface area contributed by atoms with E-state index in [0.29, 0.717) is 16.3 Å². The van der Waals surface area contributed by atoms with Gasteiger partial charge in [-0.1, -0.05) is 40.5 Å². The standard InChI is InChI=1S/C17H14Cl2N2O4/c18-11-3-6-13(14(19)9-11)17(24)20-12-4-1-10(2-5-12)15(21-25)7-8-16(22)23/h1-6,9,25H,7-8H2,(H,20,24)(H,22,23). The normalized spacial score (nSPS) is 11.2. The Balaban J connectivity index is 2.09. The van der Waals surface area contributed by atoms with Crippen LogP contribution in [0.2, 0.25) is 10.0 Å². The molecule has 0 aliphatic carbocycles. The van der Waals surface area contributed by atoms with Crippen molar-refractivity contribution >= 4 is 46.5 Å². The van der Waals surface area contributed by atoms with Crippen LogP contribution in [0.3, 0.4) is 0 Å². The third kappa shape index (κ3) is 5.20. The molecule has 3 N–H and O–H groups in total. The second kappa shape index (κ2) is 8.50. The van der Waals surface area contributed by atoms with Gasteiger partial charge in [0.25, 0.3) is 5.91 Å². The van der Waals surface area contributed by atoms with Crippen LogP contribution < -0.4 is 5.32 Å². The third-order valence-electron chi connectivity index (χ3n) is 3.35. The molecule has 2 aromatic carbocycles. The van der Waals surface area contributed by atoms with E-state index >= 15 is 0 Å². The topological polar surface area (TPSA) is 99.0 Å². The van der Waals surface area contributed by atoms with E-state index in [-0.39, 0.29) is 29.1 Å². The fourth-order valence-corrected chi connectivity index (χ4v) is 2.59. The van der Waals surface area contributed by atoms with E-state index < -0.39 is 11.9 Å². The molecule has 0 spiro atoms. The van der Waals surface area contributed by atoms with Gasteiger partial charge in [-0.3, -0.25) is 9.59 Å². The van der Waals surface area contributed by atoms with Gasteiger partial charge in [0, 0.05) is 17.1 Å². The van der Waals surface area contributed by atoms with Crippen LogP contribution in [-0.4, -0.2) is 27.9 Å². The summed E-state index contributed by atoms with van der Waals surface area (Å²) in [5, 5.41) is 24.2. The predicted octanol–water partition coefficient (Wildman–Crippen LogP) is 4.29. The molecule has 1 amide bonds. The number of carboxylic acid groups (broad SMARTS) is 1. The molecule has 2 rings (SSSR count). The van der Waals surface area contributed by atoms with Crippen LogP contribution in [0.15, 0.2) is 47.6 Å². The Labute approximate surface area is 153 Å². The van der Waals surface area contributed by atoms with Gasteiger partial charge >= 0.3 is 5.97 Å². The largest absolute Gasteiger partial charge is 0.481 e. The average Bonchev–Trinajstić information content (AvgIpc) is 2.56. The van der Waals surface area contributed by atoms with Gasteiger partial charge < -0.3 is 15.6 Å². The van der Waals surface area contributed by atoms with E-state index in [9.17, 15) is 9.59 Å². The second-order valence-electron chi connectivity index (χ2n) is 5.10. The van der Waals surface area contributed by atoms with Crippen molar-refractivity contribution in [1.82, 2.24) is 0 Å². The van der Waals surface area contributed by atoms with Crippen LogP contribution in [0, 0.1) is 0 Å². The molecular weight excluding hydrogens is 367 g/mol. The van der Waals surface area contributed by atoms with Crippen LogP contribution in [0.1, 0.15) is 28.8 Å². The maximum atomic E-state index is 12.2. The van der Waals surface area contributed by atoms with E-state index in [4.69, 9.17) is 33.5 Å². The molecule has 130 valence electrons. The Morgan fingerprint density at radius 1 is 1.04 bits per heavy atom. The van der Waals surface area contributed by atoms with Gasteiger partial charge in [-0.15, -0.1) is 0 Å². The fourth-order valence-electron chi connectivity index (χ4n) is 2.10. The van der Waals surface area contributed by atoms with Crippen molar-refractivity contribution in [3.63, 3.8) is 0 Å². The van der Waals surface area contributed by atoms with Crippen molar-refractivity contribution in [3.8, 4) is 0 Å². The number of hydrogen-bond acceptors (Lipinski definition) is 4. The van der Waals surface area contributed by atoms with Crippen molar-refractivity contribution in [3.05, 3.63) is 63.6 Å². The van der Waals surface area contributed by atoms with Gasteiger partial charge in [0.2, 0.25) is 0 Å². The van der Waals surface area contributed by atoms with Crippen LogP contribution in [0.25, 0.3) is 0 Å². The molecule has 0 saturated carbocycles.